The van der Waals surface area contributed by atoms with Crippen LogP contribution in [-0.4, -0.2) is 11.2 Å². The van der Waals surface area contributed by atoms with Crippen molar-refractivity contribution in [2.24, 2.45) is 5.41 Å². The van der Waals surface area contributed by atoms with Crippen molar-refractivity contribution in [2.45, 2.75) is 32.3 Å². The van der Waals surface area contributed by atoms with Gasteiger partial charge in [0, 0.05) is 4.47 Å². The van der Waals surface area contributed by atoms with E-state index in [2.05, 4.69) is 41.9 Å². The summed E-state index contributed by atoms with van der Waals surface area (Å²) in [5.41, 5.74) is 1.24. The Kier molecular flexibility index (Phi) is 3.80. The Hall–Kier alpha value is -1.32. The van der Waals surface area contributed by atoms with Crippen molar-refractivity contribution in [3.05, 3.63) is 58.6 Å². The summed E-state index contributed by atoms with van der Waals surface area (Å²) in [7, 11) is 0. The summed E-state index contributed by atoms with van der Waals surface area (Å²) in [4.78, 5) is 0. The highest BCUT2D eigenvalue weighted by Gasteiger charge is 2.47. The first-order valence-corrected chi connectivity index (χ1v) is 7.97. The van der Waals surface area contributed by atoms with E-state index in [1.165, 1.54) is 5.56 Å². The van der Waals surface area contributed by atoms with Crippen molar-refractivity contribution in [3.63, 3.8) is 0 Å². The zero-order valence-corrected chi connectivity index (χ0v) is 13.8. The largest absolute Gasteiger partial charge is 0.457 e. The minimum atomic E-state index is -0.193. The van der Waals surface area contributed by atoms with E-state index < -0.39 is 0 Å². The van der Waals surface area contributed by atoms with Gasteiger partial charge in [-0.25, -0.2) is 0 Å². The second-order valence-electron chi connectivity index (χ2n) is 6.25. The van der Waals surface area contributed by atoms with Crippen molar-refractivity contribution < 1.29 is 9.84 Å². The smallest absolute Gasteiger partial charge is 0.127 e. The van der Waals surface area contributed by atoms with E-state index in [9.17, 15) is 5.11 Å². The Balaban J connectivity index is 1.71. The number of hydrogen-bond acceptors (Lipinski definition) is 2. The normalized spacial score (nSPS) is 23.4. The molecule has 1 saturated carbocycles. The summed E-state index contributed by atoms with van der Waals surface area (Å²) in [6.45, 7) is 4.25. The molecule has 1 N–H and O–H groups in total. The van der Waals surface area contributed by atoms with Crippen LogP contribution in [0.25, 0.3) is 0 Å². The van der Waals surface area contributed by atoms with Gasteiger partial charge in [-0.1, -0.05) is 41.9 Å². The van der Waals surface area contributed by atoms with Crippen LogP contribution in [0.1, 0.15) is 31.7 Å². The lowest BCUT2D eigenvalue weighted by Crippen LogP contribution is -2.47. The van der Waals surface area contributed by atoms with Gasteiger partial charge in [0.05, 0.1) is 6.10 Å². The molecule has 2 atom stereocenters. The second-order valence-corrected chi connectivity index (χ2v) is 7.17. The van der Waals surface area contributed by atoms with E-state index in [1.54, 1.807) is 0 Å². The van der Waals surface area contributed by atoms with Crippen molar-refractivity contribution in [1.82, 2.24) is 0 Å². The lowest BCUT2D eigenvalue weighted by atomic mass is 9.58. The Morgan fingerprint density at radius 3 is 2.00 bits per heavy atom. The molecular formula is C18H19BrO2. The van der Waals surface area contributed by atoms with E-state index in [0.29, 0.717) is 5.92 Å². The third-order valence-corrected chi connectivity index (χ3v) is 5.08. The first kappa shape index (κ1) is 14.6. The average Bonchev–Trinajstić information content (AvgIpc) is 2.48. The fourth-order valence-electron chi connectivity index (χ4n) is 2.88. The lowest BCUT2D eigenvalue weighted by Gasteiger charge is -2.49. The van der Waals surface area contributed by atoms with Gasteiger partial charge < -0.3 is 9.84 Å². The van der Waals surface area contributed by atoms with Crippen molar-refractivity contribution >= 4 is 15.9 Å². The molecule has 0 bridgehead atoms. The highest BCUT2D eigenvalue weighted by Crippen LogP contribution is 2.52. The molecule has 3 rings (SSSR count). The van der Waals surface area contributed by atoms with Crippen LogP contribution in [0.2, 0.25) is 0 Å². The third kappa shape index (κ3) is 2.85. The summed E-state index contributed by atoms with van der Waals surface area (Å²) in [5, 5.41) is 9.85. The monoisotopic (exact) mass is 346 g/mol. The number of hydrogen-bond donors (Lipinski definition) is 1. The van der Waals surface area contributed by atoms with E-state index in [1.807, 2.05) is 36.4 Å². The first-order chi connectivity index (χ1) is 9.96. The minimum Gasteiger partial charge on any atom is -0.457 e. The molecule has 21 heavy (non-hydrogen) atoms. The van der Waals surface area contributed by atoms with Gasteiger partial charge in [-0.15, -0.1) is 0 Å². The Labute approximate surface area is 133 Å². The molecule has 0 amide bonds. The number of aliphatic hydroxyl groups is 1. The SMILES string of the molecule is CC1(C)C(O)CC1c1ccc(Oc2ccc(Br)cc2)cc1. The van der Waals surface area contributed by atoms with Gasteiger partial charge in [0.15, 0.2) is 0 Å². The maximum absolute atomic E-state index is 9.85. The maximum Gasteiger partial charge on any atom is 0.127 e. The number of rotatable bonds is 3. The van der Waals surface area contributed by atoms with Crippen molar-refractivity contribution in [2.75, 3.05) is 0 Å². The molecule has 110 valence electrons. The van der Waals surface area contributed by atoms with Gasteiger partial charge in [-0.3, -0.25) is 0 Å². The van der Waals surface area contributed by atoms with Crippen molar-refractivity contribution in [1.29, 1.82) is 0 Å². The standard InChI is InChI=1S/C18H19BrO2/c1-18(2)16(11-17(18)20)12-3-7-14(8-4-12)21-15-9-5-13(19)6-10-15/h3-10,16-17,20H,11H2,1-2H3. The summed E-state index contributed by atoms with van der Waals surface area (Å²) >= 11 is 3.41. The second kappa shape index (κ2) is 5.47. The predicted octanol–water partition coefficient (Wildman–Crippen LogP) is 5.12. The predicted molar refractivity (Wildman–Crippen MR) is 87.8 cm³/mol. The number of halogens is 1. The molecule has 0 radical (unpaired) electrons. The number of aliphatic hydroxyl groups excluding tert-OH is 1. The number of benzene rings is 2. The Morgan fingerprint density at radius 2 is 1.52 bits per heavy atom. The van der Waals surface area contributed by atoms with E-state index in [-0.39, 0.29) is 11.5 Å². The minimum absolute atomic E-state index is 0.0337. The highest BCUT2D eigenvalue weighted by atomic mass is 79.9. The quantitative estimate of drug-likeness (QED) is 0.835. The summed E-state index contributed by atoms with van der Waals surface area (Å²) in [5.74, 6) is 2.08. The van der Waals surface area contributed by atoms with Crippen LogP contribution in [0, 0.1) is 5.41 Å². The summed E-state index contributed by atoms with van der Waals surface area (Å²) < 4.78 is 6.86. The molecule has 2 aromatic rings. The average molecular weight is 347 g/mol. The van der Waals surface area contributed by atoms with Gasteiger partial charge in [0.2, 0.25) is 0 Å². The van der Waals surface area contributed by atoms with Gasteiger partial charge in [0.1, 0.15) is 11.5 Å². The highest BCUT2D eigenvalue weighted by molar-refractivity contribution is 9.10. The molecular weight excluding hydrogens is 328 g/mol. The molecule has 0 spiro atoms. The van der Waals surface area contributed by atoms with Crippen LogP contribution < -0.4 is 4.74 Å². The molecule has 2 unspecified atom stereocenters. The van der Waals surface area contributed by atoms with Gasteiger partial charge in [-0.05, 0) is 59.7 Å². The lowest BCUT2D eigenvalue weighted by molar-refractivity contribution is -0.0625. The summed E-state index contributed by atoms with van der Waals surface area (Å²) in [6.07, 6.45) is 0.654. The molecule has 1 fully saturated rings. The molecule has 0 heterocycles. The van der Waals surface area contributed by atoms with Crippen LogP contribution in [0.4, 0.5) is 0 Å². The molecule has 1 aliphatic rings. The first-order valence-electron chi connectivity index (χ1n) is 7.18. The van der Waals surface area contributed by atoms with Gasteiger partial charge in [-0.2, -0.15) is 0 Å². The molecule has 2 nitrogen and oxygen atoms in total. The Bertz CT molecular complexity index is 617. The topological polar surface area (TPSA) is 29.5 Å². The van der Waals surface area contributed by atoms with E-state index >= 15 is 0 Å². The van der Waals surface area contributed by atoms with Crippen LogP contribution in [-0.2, 0) is 0 Å². The zero-order valence-electron chi connectivity index (χ0n) is 12.2. The van der Waals surface area contributed by atoms with Gasteiger partial charge in [0.25, 0.3) is 0 Å². The maximum atomic E-state index is 9.85. The van der Waals surface area contributed by atoms with E-state index in [0.717, 1.165) is 22.4 Å². The van der Waals surface area contributed by atoms with Crippen LogP contribution >= 0.6 is 15.9 Å². The third-order valence-electron chi connectivity index (χ3n) is 4.55. The molecule has 0 aliphatic heterocycles. The molecule has 1 aliphatic carbocycles. The summed E-state index contributed by atoms with van der Waals surface area (Å²) in [6, 6.07) is 16.0. The van der Waals surface area contributed by atoms with Crippen LogP contribution in [0.5, 0.6) is 11.5 Å². The van der Waals surface area contributed by atoms with Gasteiger partial charge >= 0.3 is 0 Å². The fraction of sp³-hybridized carbons (Fsp3) is 0.333. The van der Waals surface area contributed by atoms with Crippen LogP contribution in [0.3, 0.4) is 0 Å². The molecule has 0 saturated heterocycles. The van der Waals surface area contributed by atoms with Crippen molar-refractivity contribution in [3.8, 4) is 11.5 Å². The van der Waals surface area contributed by atoms with Crippen LogP contribution in [0.15, 0.2) is 53.0 Å². The number of ether oxygens (including phenoxy) is 1. The van der Waals surface area contributed by atoms with E-state index in [4.69, 9.17) is 4.74 Å². The molecule has 2 aromatic carbocycles. The molecule has 3 heteroatoms. The molecule has 0 aromatic heterocycles. The zero-order chi connectivity index (χ0) is 15.0. The Morgan fingerprint density at radius 1 is 1.00 bits per heavy atom. The fourth-order valence-corrected chi connectivity index (χ4v) is 3.14.